The number of nitrogens with zero attached hydrogens (tertiary/aromatic N) is 1. The molecule has 0 aliphatic carbocycles. The van der Waals surface area contributed by atoms with Crippen LogP contribution in [0, 0.1) is 0 Å². The Hall–Kier alpha value is -1.61. The van der Waals surface area contributed by atoms with E-state index in [2.05, 4.69) is 11.5 Å². The molecule has 0 bridgehead atoms. The maximum atomic E-state index is 12.6. The minimum atomic E-state index is -0.455. The Bertz CT molecular complexity index is 457. The molecule has 0 amide bonds. The van der Waals surface area contributed by atoms with Crippen LogP contribution in [-0.4, -0.2) is 30.0 Å². The Labute approximate surface area is 121 Å². The van der Waals surface area contributed by atoms with Crippen molar-refractivity contribution in [3.63, 3.8) is 0 Å². The zero-order valence-electron chi connectivity index (χ0n) is 12.2. The predicted octanol–water partition coefficient (Wildman–Crippen LogP) is 3.16. The van der Waals surface area contributed by atoms with Crippen LogP contribution in [0.4, 0.5) is 0 Å². The van der Waals surface area contributed by atoms with Gasteiger partial charge in [-0.3, -0.25) is 9.69 Å². The van der Waals surface area contributed by atoms with E-state index in [1.54, 1.807) is 0 Å². The molecule has 0 aromatic heterocycles. The summed E-state index contributed by atoms with van der Waals surface area (Å²) < 4.78 is 5.57. The van der Waals surface area contributed by atoms with E-state index in [9.17, 15) is 4.79 Å². The monoisotopic (exact) mass is 273 g/mol. The summed E-state index contributed by atoms with van der Waals surface area (Å²) in [5.74, 6) is -0.0943. The summed E-state index contributed by atoms with van der Waals surface area (Å²) >= 11 is 0. The van der Waals surface area contributed by atoms with E-state index < -0.39 is 5.54 Å². The van der Waals surface area contributed by atoms with Gasteiger partial charge < -0.3 is 4.74 Å². The maximum absolute atomic E-state index is 12.6. The number of ether oxygens (including phenoxy) is 1. The second-order valence-corrected chi connectivity index (χ2v) is 5.45. The van der Waals surface area contributed by atoms with Gasteiger partial charge in [-0.05, 0) is 44.8 Å². The van der Waals surface area contributed by atoms with Gasteiger partial charge in [0.05, 0.1) is 0 Å². The molecule has 0 spiro atoms. The van der Waals surface area contributed by atoms with Gasteiger partial charge in [0.25, 0.3) is 0 Å². The van der Waals surface area contributed by atoms with Crippen molar-refractivity contribution >= 4 is 5.97 Å². The van der Waals surface area contributed by atoms with Crippen molar-refractivity contribution in [1.29, 1.82) is 0 Å². The first-order valence-electron chi connectivity index (χ1n) is 7.22. The van der Waals surface area contributed by atoms with Crippen LogP contribution in [0.1, 0.15) is 31.2 Å². The number of hydrogen-bond acceptors (Lipinski definition) is 3. The van der Waals surface area contributed by atoms with Gasteiger partial charge in [-0.25, -0.2) is 0 Å². The number of esters is 1. The number of benzene rings is 1. The first-order valence-corrected chi connectivity index (χ1v) is 7.22. The van der Waals surface area contributed by atoms with E-state index in [0.717, 1.165) is 37.8 Å². The van der Waals surface area contributed by atoms with Crippen LogP contribution in [0.2, 0.25) is 0 Å². The Balaban J connectivity index is 2.02. The summed E-state index contributed by atoms with van der Waals surface area (Å²) in [5, 5.41) is 0. The van der Waals surface area contributed by atoms with E-state index in [-0.39, 0.29) is 5.97 Å². The number of likely N-dealkylation sites (N-methyl/N-ethyl adjacent to an activating group) is 1. The van der Waals surface area contributed by atoms with Crippen LogP contribution in [-0.2, 0) is 16.1 Å². The normalized spacial score (nSPS) is 22.6. The molecule has 1 aliphatic rings. The molecule has 1 fully saturated rings. The average molecular weight is 273 g/mol. The molecule has 108 valence electrons. The van der Waals surface area contributed by atoms with Crippen LogP contribution in [0.3, 0.4) is 0 Å². The van der Waals surface area contributed by atoms with Gasteiger partial charge in [-0.2, -0.15) is 0 Å². The number of allylic oxidation sites excluding steroid dienone is 1. The minimum absolute atomic E-state index is 0.0943. The van der Waals surface area contributed by atoms with Crippen molar-refractivity contribution in [2.24, 2.45) is 0 Å². The molecule has 3 nitrogen and oxygen atoms in total. The summed E-state index contributed by atoms with van der Waals surface area (Å²) in [6.45, 7) is 5.07. The van der Waals surface area contributed by atoms with Crippen LogP contribution in [0.25, 0.3) is 0 Å². The number of carbonyl (C=O) groups excluding carboxylic acids is 1. The third-order valence-electron chi connectivity index (χ3n) is 4.17. The molecule has 1 aromatic carbocycles. The van der Waals surface area contributed by atoms with Crippen LogP contribution in [0.5, 0.6) is 0 Å². The van der Waals surface area contributed by atoms with Crippen LogP contribution in [0.15, 0.2) is 43.0 Å². The quantitative estimate of drug-likeness (QED) is 0.589. The predicted molar refractivity (Wildman–Crippen MR) is 80.3 cm³/mol. The fourth-order valence-electron chi connectivity index (χ4n) is 2.89. The molecule has 2 rings (SSSR count). The van der Waals surface area contributed by atoms with E-state index >= 15 is 0 Å². The Kier molecular flexibility index (Phi) is 4.96. The molecule has 0 saturated carbocycles. The lowest BCUT2D eigenvalue weighted by atomic mass is 9.90. The van der Waals surface area contributed by atoms with Gasteiger partial charge in [0, 0.05) is 0 Å². The van der Waals surface area contributed by atoms with Gasteiger partial charge >= 0.3 is 5.97 Å². The fourth-order valence-corrected chi connectivity index (χ4v) is 2.89. The fraction of sp³-hybridized carbons (Fsp3) is 0.471. The van der Waals surface area contributed by atoms with Crippen molar-refractivity contribution in [2.75, 3.05) is 13.6 Å². The third kappa shape index (κ3) is 3.10. The smallest absolute Gasteiger partial charge is 0.326 e. The number of likely N-dealkylation sites (tertiary alicyclic amines) is 1. The molecule has 1 aliphatic heterocycles. The van der Waals surface area contributed by atoms with E-state index in [1.165, 1.54) is 0 Å². The zero-order chi connectivity index (χ0) is 14.4. The standard InChI is InChI=1S/C17H23NO2/c1-3-4-11-17(12-8-13-18(17)2)16(19)20-14-15-9-6-5-7-10-15/h3,5-7,9-10H,1,4,8,11-14H2,2H3/t17-/m0/s1. The average Bonchev–Trinajstić information content (AvgIpc) is 2.86. The van der Waals surface area contributed by atoms with E-state index in [4.69, 9.17) is 4.74 Å². The summed E-state index contributed by atoms with van der Waals surface area (Å²) in [4.78, 5) is 14.7. The van der Waals surface area contributed by atoms with Crippen molar-refractivity contribution < 1.29 is 9.53 Å². The molecule has 0 N–H and O–H groups in total. The Morgan fingerprint density at radius 2 is 2.20 bits per heavy atom. The molecule has 0 unspecified atom stereocenters. The van der Waals surface area contributed by atoms with Gasteiger partial charge in [0.2, 0.25) is 0 Å². The molecule has 1 atom stereocenters. The van der Waals surface area contributed by atoms with Gasteiger partial charge in [0.15, 0.2) is 0 Å². The summed E-state index contributed by atoms with van der Waals surface area (Å²) in [7, 11) is 2.01. The Morgan fingerprint density at radius 3 is 2.80 bits per heavy atom. The highest BCUT2D eigenvalue weighted by atomic mass is 16.5. The lowest BCUT2D eigenvalue weighted by Gasteiger charge is -2.33. The largest absolute Gasteiger partial charge is 0.459 e. The molecule has 3 heteroatoms. The first kappa shape index (κ1) is 14.8. The van der Waals surface area contributed by atoms with Gasteiger partial charge in [0.1, 0.15) is 12.1 Å². The second-order valence-electron chi connectivity index (χ2n) is 5.45. The SMILES string of the molecule is C=CCC[C@@]1(C(=O)OCc2ccccc2)CCCN1C. The maximum Gasteiger partial charge on any atom is 0.326 e. The summed E-state index contributed by atoms with van der Waals surface area (Å²) in [6, 6.07) is 9.82. The summed E-state index contributed by atoms with van der Waals surface area (Å²) in [6.07, 6.45) is 5.43. The van der Waals surface area contributed by atoms with Crippen molar-refractivity contribution in [3.05, 3.63) is 48.6 Å². The zero-order valence-corrected chi connectivity index (χ0v) is 12.2. The lowest BCUT2D eigenvalue weighted by molar-refractivity contribution is -0.157. The first-order chi connectivity index (χ1) is 9.69. The number of carbonyl (C=O) groups is 1. The van der Waals surface area contributed by atoms with E-state index in [1.807, 2.05) is 43.5 Å². The Morgan fingerprint density at radius 1 is 1.45 bits per heavy atom. The number of hydrogen-bond donors (Lipinski definition) is 0. The van der Waals surface area contributed by atoms with E-state index in [0.29, 0.717) is 6.61 Å². The van der Waals surface area contributed by atoms with Crippen molar-refractivity contribution in [3.8, 4) is 0 Å². The number of rotatable bonds is 6. The summed E-state index contributed by atoms with van der Waals surface area (Å²) in [5.41, 5.74) is 0.573. The minimum Gasteiger partial charge on any atom is -0.459 e. The molecular formula is C17H23NO2. The van der Waals surface area contributed by atoms with Crippen LogP contribution < -0.4 is 0 Å². The van der Waals surface area contributed by atoms with Crippen molar-refractivity contribution in [1.82, 2.24) is 4.90 Å². The lowest BCUT2D eigenvalue weighted by Crippen LogP contribution is -2.49. The van der Waals surface area contributed by atoms with Gasteiger partial charge in [-0.15, -0.1) is 6.58 Å². The molecule has 1 aromatic rings. The van der Waals surface area contributed by atoms with Gasteiger partial charge in [-0.1, -0.05) is 36.4 Å². The molecule has 0 radical (unpaired) electrons. The highest BCUT2D eigenvalue weighted by Crippen LogP contribution is 2.34. The highest BCUT2D eigenvalue weighted by molar-refractivity contribution is 5.81. The third-order valence-corrected chi connectivity index (χ3v) is 4.17. The molecule has 1 heterocycles. The van der Waals surface area contributed by atoms with Crippen molar-refractivity contribution in [2.45, 2.75) is 37.8 Å². The topological polar surface area (TPSA) is 29.5 Å². The second kappa shape index (κ2) is 6.71. The molecule has 20 heavy (non-hydrogen) atoms. The molecule has 1 saturated heterocycles. The molecular weight excluding hydrogens is 250 g/mol. The van der Waals surface area contributed by atoms with Crippen LogP contribution >= 0.6 is 0 Å². The highest BCUT2D eigenvalue weighted by Gasteiger charge is 2.46.